The van der Waals surface area contributed by atoms with Crippen molar-refractivity contribution in [3.8, 4) is 11.9 Å². The molecule has 3 aromatic rings. The number of guanidine groups is 1. The minimum Gasteiger partial charge on any atom is -0.496 e. The minimum absolute atomic E-state index is 0.169. The second-order valence-corrected chi connectivity index (χ2v) is 9.99. The van der Waals surface area contributed by atoms with Crippen molar-refractivity contribution in [2.75, 3.05) is 26.7 Å². The zero-order valence-corrected chi connectivity index (χ0v) is 21.7. The number of carbonyl (C=O) groups excluding carboxylic acids is 1. The lowest BCUT2D eigenvalue weighted by Crippen LogP contribution is -2.52. The highest BCUT2D eigenvalue weighted by atomic mass is 32.1. The average molecular weight is 520 g/mol. The van der Waals surface area contributed by atoms with Crippen LogP contribution >= 0.6 is 11.3 Å². The summed E-state index contributed by atoms with van der Waals surface area (Å²) in [6.07, 6.45) is 3.55. The van der Waals surface area contributed by atoms with Gasteiger partial charge in [0.25, 0.3) is 5.91 Å². The molecule has 2 aromatic carbocycles. The number of piperidine rings is 1. The number of amides is 1. The number of halogens is 1. The third-order valence-corrected chi connectivity index (χ3v) is 7.96. The Labute approximate surface area is 220 Å². The van der Waals surface area contributed by atoms with E-state index in [1.54, 1.807) is 42.7 Å². The molecule has 37 heavy (non-hydrogen) atoms. The van der Waals surface area contributed by atoms with Crippen molar-refractivity contribution in [3.63, 3.8) is 0 Å². The lowest BCUT2D eigenvalue weighted by Gasteiger charge is -2.42. The fraction of sp³-hybridized carbons (Fsp3) is 0.321. The summed E-state index contributed by atoms with van der Waals surface area (Å²) in [6.45, 7) is 3.72. The van der Waals surface area contributed by atoms with E-state index >= 15 is 0 Å². The van der Waals surface area contributed by atoms with Gasteiger partial charge in [-0.05, 0) is 61.0 Å². The van der Waals surface area contributed by atoms with Crippen LogP contribution in [-0.4, -0.2) is 43.5 Å². The highest BCUT2D eigenvalue weighted by Crippen LogP contribution is 2.38. The maximum absolute atomic E-state index is 13.3. The molecule has 0 radical (unpaired) electrons. The number of aliphatic imine (C=N–C) groups is 1. The summed E-state index contributed by atoms with van der Waals surface area (Å²) in [4.78, 5) is 21.1. The van der Waals surface area contributed by atoms with Crippen molar-refractivity contribution in [2.45, 2.75) is 31.2 Å². The molecule has 1 fully saturated rings. The fourth-order valence-corrected chi connectivity index (χ4v) is 5.64. The summed E-state index contributed by atoms with van der Waals surface area (Å²) in [6, 6.07) is 17.3. The molecule has 4 rings (SSSR count). The molecular weight excluding hydrogens is 489 g/mol. The largest absolute Gasteiger partial charge is 0.496 e. The first-order valence-electron chi connectivity index (χ1n) is 12.1. The standard InChI is InChI=1S/C28H30FN5O2S/c1-20(21-9-11-22(29)12-10-21)33-27(32-19-30)34-15-13-28(14-16-34,25-8-5-17-37-25)18-31-26(35)23-6-3-4-7-24(23)36-2/h3-12,17,20H,13-16,18H2,1-2H3,(H,31,35)(H,32,33). The maximum atomic E-state index is 13.3. The van der Waals surface area contributed by atoms with E-state index in [4.69, 9.17) is 9.73 Å². The van der Waals surface area contributed by atoms with E-state index in [1.165, 1.54) is 17.0 Å². The Morgan fingerprint density at radius 3 is 2.57 bits per heavy atom. The molecule has 7 nitrogen and oxygen atoms in total. The van der Waals surface area contributed by atoms with Crippen LogP contribution in [0.2, 0.25) is 0 Å². The molecule has 0 bridgehead atoms. The highest BCUT2D eigenvalue weighted by Gasteiger charge is 2.38. The molecule has 1 amide bonds. The number of ether oxygens (including phenoxy) is 1. The molecule has 2 N–H and O–H groups in total. The van der Waals surface area contributed by atoms with Crippen molar-refractivity contribution in [2.24, 2.45) is 4.99 Å². The van der Waals surface area contributed by atoms with Gasteiger partial charge in [0.05, 0.1) is 18.7 Å². The number of benzene rings is 2. The van der Waals surface area contributed by atoms with Crippen LogP contribution in [0.3, 0.4) is 0 Å². The first kappa shape index (κ1) is 26.2. The van der Waals surface area contributed by atoms with E-state index in [0.29, 0.717) is 36.9 Å². The number of methoxy groups -OCH3 is 1. The quantitative estimate of drug-likeness (QED) is 0.202. The van der Waals surface area contributed by atoms with Crippen molar-refractivity contribution >= 4 is 23.2 Å². The van der Waals surface area contributed by atoms with E-state index in [2.05, 4.69) is 27.0 Å². The van der Waals surface area contributed by atoms with Gasteiger partial charge in [-0.25, -0.2) is 9.38 Å². The average Bonchev–Trinajstić information content (AvgIpc) is 3.48. The van der Waals surface area contributed by atoms with Gasteiger partial charge in [0.15, 0.2) is 6.19 Å². The van der Waals surface area contributed by atoms with Gasteiger partial charge in [0.1, 0.15) is 11.6 Å². The smallest absolute Gasteiger partial charge is 0.255 e. The van der Waals surface area contributed by atoms with E-state index in [0.717, 1.165) is 18.4 Å². The number of nitrogens with zero attached hydrogens (tertiary/aromatic N) is 3. The van der Waals surface area contributed by atoms with E-state index in [1.807, 2.05) is 31.3 Å². The molecule has 0 aliphatic carbocycles. The Morgan fingerprint density at radius 2 is 1.92 bits per heavy atom. The Morgan fingerprint density at radius 1 is 1.19 bits per heavy atom. The van der Waals surface area contributed by atoms with Crippen molar-refractivity contribution in [1.82, 2.24) is 15.5 Å². The number of thiophene rings is 1. The van der Waals surface area contributed by atoms with Gasteiger partial charge in [-0.3, -0.25) is 10.1 Å². The third-order valence-electron chi connectivity index (χ3n) is 6.84. The van der Waals surface area contributed by atoms with Gasteiger partial charge in [-0.1, -0.05) is 30.3 Å². The molecule has 2 heterocycles. The Bertz CT molecular complexity index is 1260. The van der Waals surface area contributed by atoms with Crippen LogP contribution in [0.5, 0.6) is 5.75 Å². The Kier molecular flexibility index (Phi) is 8.41. The van der Waals surface area contributed by atoms with Crippen LogP contribution in [0.1, 0.15) is 46.6 Å². The molecule has 1 unspecified atom stereocenters. The first-order chi connectivity index (χ1) is 18.0. The molecule has 9 heteroatoms. The lowest BCUT2D eigenvalue weighted by atomic mass is 9.77. The van der Waals surface area contributed by atoms with Crippen LogP contribution in [-0.2, 0) is 5.41 Å². The summed E-state index contributed by atoms with van der Waals surface area (Å²) in [5.74, 6) is 0.572. The van der Waals surface area contributed by atoms with Crippen molar-refractivity contribution in [1.29, 1.82) is 5.26 Å². The minimum atomic E-state index is -0.297. The topological polar surface area (TPSA) is 89.8 Å². The van der Waals surface area contributed by atoms with E-state index in [-0.39, 0.29) is 23.2 Å². The maximum Gasteiger partial charge on any atom is 0.255 e. The van der Waals surface area contributed by atoms with Crippen molar-refractivity contribution < 1.29 is 13.9 Å². The van der Waals surface area contributed by atoms with Crippen LogP contribution in [0.15, 0.2) is 71.0 Å². The SMILES string of the molecule is COc1ccccc1C(=O)NCC1(c2cccs2)CCN(C(=NC(C)c2ccc(F)cc2)NC#N)CC1. The lowest BCUT2D eigenvalue weighted by molar-refractivity contribution is 0.0929. The number of para-hydroxylation sites is 1. The number of nitriles is 1. The summed E-state index contributed by atoms with van der Waals surface area (Å²) in [7, 11) is 1.56. The Balaban J connectivity index is 1.49. The van der Waals surface area contributed by atoms with Crippen LogP contribution in [0, 0.1) is 17.3 Å². The number of carbonyl (C=O) groups is 1. The van der Waals surface area contributed by atoms with Crippen LogP contribution in [0.4, 0.5) is 4.39 Å². The molecular formula is C28H30FN5O2S. The molecule has 1 aliphatic heterocycles. The van der Waals surface area contributed by atoms with Gasteiger partial charge in [-0.15, -0.1) is 11.3 Å². The van der Waals surface area contributed by atoms with E-state index < -0.39 is 0 Å². The number of likely N-dealkylation sites (tertiary alicyclic amines) is 1. The number of hydrogen-bond acceptors (Lipinski definition) is 5. The third kappa shape index (κ3) is 6.09. The van der Waals surface area contributed by atoms with Crippen LogP contribution < -0.4 is 15.4 Å². The fourth-order valence-electron chi connectivity index (χ4n) is 4.66. The molecule has 192 valence electrons. The van der Waals surface area contributed by atoms with E-state index in [9.17, 15) is 14.4 Å². The zero-order valence-electron chi connectivity index (χ0n) is 20.9. The second-order valence-electron chi connectivity index (χ2n) is 9.04. The Hall–Kier alpha value is -3.90. The predicted octanol–water partition coefficient (Wildman–Crippen LogP) is 4.85. The molecule has 1 aromatic heterocycles. The molecule has 0 spiro atoms. The number of hydrogen-bond donors (Lipinski definition) is 2. The summed E-state index contributed by atoms with van der Waals surface area (Å²) in [5, 5.41) is 17.3. The first-order valence-corrected chi connectivity index (χ1v) is 13.0. The van der Waals surface area contributed by atoms with Gasteiger partial charge in [0, 0.05) is 29.9 Å². The molecule has 1 atom stereocenters. The summed E-state index contributed by atoms with van der Waals surface area (Å²) >= 11 is 1.69. The van der Waals surface area contributed by atoms with Crippen LogP contribution in [0.25, 0.3) is 0 Å². The van der Waals surface area contributed by atoms with Gasteiger partial charge in [0.2, 0.25) is 5.96 Å². The van der Waals surface area contributed by atoms with Gasteiger partial charge < -0.3 is 15.0 Å². The normalized spacial score (nSPS) is 15.9. The summed E-state index contributed by atoms with van der Waals surface area (Å²) in [5.41, 5.74) is 1.14. The second kappa shape index (κ2) is 11.9. The number of nitrogens with one attached hydrogen (secondary N) is 2. The molecule has 0 saturated carbocycles. The monoisotopic (exact) mass is 519 g/mol. The summed E-state index contributed by atoms with van der Waals surface area (Å²) < 4.78 is 18.7. The zero-order chi connectivity index (χ0) is 26.3. The molecule has 1 saturated heterocycles. The van der Waals surface area contributed by atoms with Gasteiger partial charge >= 0.3 is 0 Å². The molecule has 1 aliphatic rings. The van der Waals surface area contributed by atoms with Crippen molar-refractivity contribution in [3.05, 3.63) is 87.9 Å². The van der Waals surface area contributed by atoms with Gasteiger partial charge in [-0.2, -0.15) is 5.26 Å². The highest BCUT2D eigenvalue weighted by molar-refractivity contribution is 7.10. The predicted molar refractivity (Wildman–Crippen MR) is 143 cm³/mol. The number of rotatable bonds is 7.